The number of carbonyl (C=O) groups excluding carboxylic acids is 1. The van der Waals surface area contributed by atoms with Crippen LogP contribution in [-0.2, 0) is 4.79 Å². The Morgan fingerprint density at radius 3 is 2.64 bits per heavy atom. The summed E-state index contributed by atoms with van der Waals surface area (Å²) in [6, 6.07) is 10.1. The van der Waals surface area contributed by atoms with Gasteiger partial charge in [-0.1, -0.05) is 18.2 Å². The fourth-order valence-electron chi connectivity index (χ4n) is 3.85. The smallest absolute Gasteiger partial charge is 0.219 e. The number of hydrogen-bond acceptors (Lipinski definition) is 3. The van der Waals surface area contributed by atoms with E-state index in [9.17, 15) is 4.79 Å². The summed E-state index contributed by atoms with van der Waals surface area (Å²) >= 11 is 0. The van der Waals surface area contributed by atoms with Crippen molar-refractivity contribution in [2.75, 3.05) is 32.8 Å². The Labute approximate surface area is 132 Å². The van der Waals surface area contributed by atoms with Crippen LogP contribution < -0.4 is 10.1 Å². The minimum Gasteiger partial charge on any atom is -0.493 e. The molecule has 0 radical (unpaired) electrons. The number of para-hydroxylation sites is 1. The van der Waals surface area contributed by atoms with E-state index >= 15 is 0 Å². The fourth-order valence-corrected chi connectivity index (χ4v) is 3.85. The molecule has 22 heavy (non-hydrogen) atoms. The summed E-state index contributed by atoms with van der Waals surface area (Å²) in [5.74, 6) is 3.15. The highest BCUT2D eigenvalue weighted by Gasteiger charge is 2.36. The van der Waals surface area contributed by atoms with Crippen molar-refractivity contribution in [3.05, 3.63) is 30.3 Å². The fraction of sp³-hybridized carbons (Fsp3) is 0.611. The van der Waals surface area contributed by atoms with Crippen LogP contribution in [0.3, 0.4) is 0 Å². The molecule has 2 saturated heterocycles. The third-order valence-corrected chi connectivity index (χ3v) is 5.19. The molecule has 1 aromatic rings. The van der Waals surface area contributed by atoms with Gasteiger partial charge in [0, 0.05) is 32.5 Å². The molecule has 2 fully saturated rings. The van der Waals surface area contributed by atoms with Crippen LogP contribution in [0.25, 0.3) is 0 Å². The van der Waals surface area contributed by atoms with Gasteiger partial charge in [0.25, 0.3) is 0 Å². The molecule has 2 atom stereocenters. The van der Waals surface area contributed by atoms with Crippen molar-refractivity contribution < 1.29 is 9.53 Å². The van der Waals surface area contributed by atoms with Crippen LogP contribution in [0, 0.1) is 17.8 Å². The Morgan fingerprint density at radius 1 is 1.23 bits per heavy atom. The second kappa shape index (κ2) is 7.14. The van der Waals surface area contributed by atoms with Crippen LogP contribution in [-0.4, -0.2) is 43.6 Å². The van der Waals surface area contributed by atoms with Crippen LogP contribution in [0.1, 0.15) is 19.8 Å². The Morgan fingerprint density at radius 2 is 1.95 bits per heavy atom. The molecule has 0 aliphatic carbocycles. The van der Waals surface area contributed by atoms with Gasteiger partial charge in [0.15, 0.2) is 0 Å². The normalized spacial score (nSPS) is 26.1. The van der Waals surface area contributed by atoms with Gasteiger partial charge in [-0.2, -0.15) is 0 Å². The zero-order chi connectivity index (χ0) is 15.4. The van der Waals surface area contributed by atoms with E-state index < -0.39 is 0 Å². The Hall–Kier alpha value is -1.55. The van der Waals surface area contributed by atoms with Gasteiger partial charge in [0.2, 0.25) is 5.91 Å². The number of ether oxygens (including phenoxy) is 1. The van der Waals surface area contributed by atoms with Crippen molar-refractivity contribution in [3.63, 3.8) is 0 Å². The van der Waals surface area contributed by atoms with E-state index in [1.54, 1.807) is 6.92 Å². The van der Waals surface area contributed by atoms with Crippen LogP contribution in [0.4, 0.5) is 0 Å². The van der Waals surface area contributed by atoms with Crippen molar-refractivity contribution >= 4 is 5.91 Å². The number of piperidine rings is 1. The molecule has 3 rings (SSSR count). The maximum atomic E-state index is 11.4. The lowest BCUT2D eigenvalue weighted by Crippen LogP contribution is -2.40. The summed E-state index contributed by atoms with van der Waals surface area (Å²) < 4.78 is 5.97. The number of likely N-dealkylation sites (tertiary alicyclic amines) is 1. The van der Waals surface area contributed by atoms with Crippen molar-refractivity contribution in [2.45, 2.75) is 19.8 Å². The van der Waals surface area contributed by atoms with Gasteiger partial charge < -0.3 is 15.0 Å². The van der Waals surface area contributed by atoms with E-state index in [0.717, 1.165) is 57.3 Å². The Kier molecular flexibility index (Phi) is 4.98. The van der Waals surface area contributed by atoms with Crippen molar-refractivity contribution in [3.8, 4) is 5.75 Å². The zero-order valence-electron chi connectivity index (χ0n) is 13.3. The predicted molar refractivity (Wildman–Crippen MR) is 86.8 cm³/mol. The van der Waals surface area contributed by atoms with Gasteiger partial charge in [-0.05, 0) is 43.4 Å². The minimum absolute atomic E-state index is 0.215. The zero-order valence-corrected chi connectivity index (χ0v) is 13.3. The molecular formula is C18H26N2O2. The standard InChI is InChI=1S/C18H26N2O2/c1-14(21)20-9-7-15(8-10-20)18-12-19-11-16(18)13-22-17-5-3-2-4-6-17/h2-6,15-16,18-19H,7-13H2,1H3. The SMILES string of the molecule is CC(=O)N1CCC(C2CNCC2COc2ccccc2)CC1. The number of hydrogen-bond donors (Lipinski definition) is 1. The molecule has 0 spiro atoms. The van der Waals surface area contributed by atoms with Gasteiger partial charge >= 0.3 is 0 Å². The average molecular weight is 302 g/mol. The van der Waals surface area contributed by atoms with Gasteiger partial charge in [0.1, 0.15) is 5.75 Å². The van der Waals surface area contributed by atoms with Crippen LogP contribution >= 0.6 is 0 Å². The van der Waals surface area contributed by atoms with E-state index in [4.69, 9.17) is 4.74 Å². The van der Waals surface area contributed by atoms with E-state index in [0.29, 0.717) is 11.8 Å². The van der Waals surface area contributed by atoms with Crippen LogP contribution in [0.15, 0.2) is 30.3 Å². The summed E-state index contributed by atoms with van der Waals surface area (Å²) in [6.45, 7) is 6.44. The van der Waals surface area contributed by atoms with Crippen LogP contribution in [0.5, 0.6) is 5.75 Å². The van der Waals surface area contributed by atoms with E-state index in [2.05, 4.69) is 5.32 Å². The van der Waals surface area contributed by atoms with Crippen molar-refractivity contribution in [1.29, 1.82) is 0 Å². The third kappa shape index (κ3) is 3.61. The lowest BCUT2D eigenvalue weighted by molar-refractivity contribution is -0.130. The number of nitrogens with zero attached hydrogens (tertiary/aromatic N) is 1. The molecular weight excluding hydrogens is 276 g/mol. The second-order valence-electron chi connectivity index (χ2n) is 6.55. The molecule has 120 valence electrons. The summed E-state index contributed by atoms with van der Waals surface area (Å²) in [6.07, 6.45) is 2.27. The topological polar surface area (TPSA) is 41.6 Å². The van der Waals surface area contributed by atoms with Crippen molar-refractivity contribution in [1.82, 2.24) is 10.2 Å². The summed E-state index contributed by atoms with van der Waals surface area (Å²) in [4.78, 5) is 13.4. The summed E-state index contributed by atoms with van der Waals surface area (Å²) in [5, 5.41) is 3.53. The third-order valence-electron chi connectivity index (χ3n) is 5.19. The molecule has 2 aliphatic rings. The highest BCUT2D eigenvalue weighted by Crippen LogP contribution is 2.33. The maximum absolute atomic E-state index is 11.4. The average Bonchev–Trinajstić information content (AvgIpc) is 3.02. The number of amides is 1. The first kappa shape index (κ1) is 15.3. The second-order valence-corrected chi connectivity index (χ2v) is 6.55. The lowest BCUT2D eigenvalue weighted by Gasteiger charge is -2.36. The molecule has 0 bridgehead atoms. The molecule has 2 unspecified atom stereocenters. The molecule has 4 heteroatoms. The molecule has 0 aromatic heterocycles. The van der Waals surface area contributed by atoms with E-state index in [1.807, 2.05) is 35.2 Å². The lowest BCUT2D eigenvalue weighted by atomic mass is 9.79. The van der Waals surface area contributed by atoms with Gasteiger partial charge in [-0.3, -0.25) is 4.79 Å². The predicted octanol–water partition coefficient (Wildman–Crippen LogP) is 2.16. The van der Waals surface area contributed by atoms with Gasteiger partial charge in [-0.15, -0.1) is 0 Å². The first-order valence-electron chi connectivity index (χ1n) is 8.38. The summed E-state index contributed by atoms with van der Waals surface area (Å²) in [7, 11) is 0. The first-order valence-corrected chi connectivity index (χ1v) is 8.38. The highest BCUT2D eigenvalue weighted by molar-refractivity contribution is 5.73. The quantitative estimate of drug-likeness (QED) is 0.927. The Balaban J connectivity index is 1.52. The molecule has 4 nitrogen and oxygen atoms in total. The maximum Gasteiger partial charge on any atom is 0.219 e. The van der Waals surface area contributed by atoms with Crippen LogP contribution in [0.2, 0.25) is 0 Å². The highest BCUT2D eigenvalue weighted by atomic mass is 16.5. The molecule has 1 amide bonds. The van der Waals surface area contributed by atoms with Gasteiger partial charge in [-0.25, -0.2) is 0 Å². The summed E-state index contributed by atoms with van der Waals surface area (Å²) in [5.41, 5.74) is 0. The molecule has 0 saturated carbocycles. The van der Waals surface area contributed by atoms with E-state index in [1.165, 1.54) is 0 Å². The van der Waals surface area contributed by atoms with Crippen molar-refractivity contribution in [2.24, 2.45) is 17.8 Å². The number of nitrogens with one attached hydrogen (secondary N) is 1. The molecule has 1 N–H and O–H groups in total. The van der Waals surface area contributed by atoms with E-state index in [-0.39, 0.29) is 5.91 Å². The largest absolute Gasteiger partial charge is 0.493 e. The Bertz CT molecular complexity index is 483. The molecule has 2 aliphatic heterocycles. The molecule has 2 heterocycles. The molecule has 1 aromatic carbocycles. The number of carbonyl (C=O) groups is 1. The first-order chi connectivity index (χ1) is 10.7. The minimum atomic E-state index is 0.215. The number of benzene rings is 1. The van der Waals surface area contributed by atoms with Gasteiger partial charge in [0.05, 0.1) is 6.61 Å². The monoisotopic (exact) mass is 302 g/mol. The number of rotatable bonds is 4.